The molecule has 0 bridgehead atoms. The zero-order chi connectivity index (χ0) is 50.4. The molecule has 386 valence electrons. The minimum absolute atomic E-state index is 0.0510. The molecule has 2 aliphatic carbocycles. The maximum absolute atomic E-state index is 12.2. The van der Waals surface area contributed by atoms with Crippen LogP contribution in [0.1, 0.15) is 159 Å². The summed E-state index contributed by atoms with van der Waals surface area (Å²) in [5, 5.41) is 6.17. The third kappa shape index (κ3) is 20.3. The van der Waals surface area contributed by atoms with Gasteiger partial charge in [0, 0.05) is 70.4 Å². The summed E-state index contributed by atoms with van der Waals surface area (Å²) in [6, 6.07) is 0.424. The number of carbonyl (C=O) groups excluding carboxylic acids is 4. The first kappa shape index (κ1) is 55.9. The minimum atomic E-state index is -0.449. The van der Waals surface area contributed by atoms with E-state index in [-0.39, 0.29) is 64.5 Å². The zero-order valence-electron chi connectivity index (χ0n) is 43.9. The topological polar surface area (TPSA) is 158 Å². The number of esters is 1. The van der Waals surface area contributed by atoms with Crippen LogP contribution < -0.4 is 10.6 Å². The van der Waals surface area contributed by atoms with Gasteiger partial charge in [-0.3, -0.25) is 14.4 Å². The van der Waals surface area contributed by atoms with Gasteiger partial charge >= 0.3 is 12.1 Å². The Morgan fingerprint density at radius 1 is 0.638 bits per heavy atom. The van der Waals surface area contributed by atoms with Crippen molar-refractivity contribution in [1.29, 1.82) is 0 Å². The molecular weight excluding hydrogens is 875 g/mol. The normalized spacial score (nSPS) is 31.8. The van der Waals surface area contributed by atoms with Crippen LogP contribution in [0.5, 0.6) is 0 Å². The van der Waals surface area contributed by atoms with Gasteiger partial charge in [-0.05, 0) is 144 Å². The molecule has 2 N–H and O–H groups in total. The summed E-state index contributed by atoms with van der Waals surface area (Å²) < 4.78 is 34.3. The number of epoxide rings is 2. The first-order chi connectivity index (χ1) is 32.5. The van der Waals surface area contributed by atoms with Crippen LogP contribution >= 0.6 is 0 Å². The van der Waals surface area contributed by atoms with Crippen LogP contribution in [0.3, 0.4) is 0 Å². The number of rotatable bonds is 17. The molecule has 4 heterocycles. The molecule has 6 aliphatic rings. The Bertz CT molecular complexity index is 1890. The van der Waals surface area contributed by atoms with Crippen LogP contribution in [-0.2, 0) is 42.8 Å². The van der Waals surface area contributed by atoms with Gasteiger partial charge in [-0.1, -0.05) is 54.5 Å². The Kier molecular flexibility index (Phi) is 20.5. The monoisotopic (exact) mass is 962 g/mol. The largest absolute Gasteiger partial charge is 0.458 e. The standard InChI is InChI=1S/C28H44N2O5.C28H43NO5/c1-20(8-15-24-17-28(19-33-28)18-27(3,4)35-24)7-10-22-11-13-23(14-12-22)29-25(31)16-9-21(2)34-26(32)30(5)6;1-6-26(31)33-21(3)9-16-25(30)29-23-13-11-22(12-14-23)10-7-20(2)8-15-24-17-28(19-32-28)18-27(4,5)34-24/h7-9,15-16,21-24H,10-14,17-19H2,1-6H3,(H,29,31);7-9,15-16,21-24H,6,10-14,17-19H2,1-5H3,(H,29,30)/b2*15-8+,16-9-,20-7+/t21-,22?,23?,24+,28+;21-,22?,23?,24?,28+/m00/s1. The van der Waals surface area contributed by atoms with E-state index in [2.05, 4.69) is 88.6 Å². The second-order valence-corrected chi connectivity index (χ2v) is 22.3. The van der Waals surface area contributed by atoms with E-state index in [9.17, 15) is 19.2 Å². The number of amides is 3. The number of nitrogens with zero attached hydrogens (tertiary/aromatic N) is 1. The first-order valence-corrected chi connectivity index (χ1v) is 25.9. The SMILES string of the molecule is CC(/C=C/[C@@H]1C[C@]2(CO2)CC(C)(C)O1)=C\CC1CCC(NC(=O)/C=C\[C@H](C)OC(=O)N(C)C)CC1.CCC(=O)O[C@@H](C)/C=C\C(=O)NC1CCC(C/C=C(C)/C=C/C2C[C@]3(CO3)CC(C)(C)O2)CC1. The molecule has 0 aromatic rings. The van der Waals surface area contributed by atoms with Gasteiger partial charge in [-0.15, -0.1) is 0 Å². The molecule has 0 radical (unpaired) electrons. The lowest BCUT2D eigenvalue weighted by atomic mass is 9.83. The van der Waals surface area contributed by atoms with Crippen molar-refractivity contribution >= 4 is 23.9 Å². The van der Waals surface area contributed by atoms with Crippen LogP contribution in [0, 0.1) is 11.8 Å². The van der Waals surface area contributed by atoms with E-state index in [1.807, 2.05) is 0 Å². The smallest absolute Gasteiger partial charge is 0.409 e. The molecule has 6 fully saturated rings. The molecule has 2 saturated carbocycles. The summed E-state index contributed by atoms with van der Waals surface area (Å²) in [6.45, 7) is 19.9. The zero-order valence-corrected chi connectivity index (χ0v) is 43.9. The van der Waals surface area contributed by atoms with Crippen LogP contribution in [0.15, 0.2) is 71.9 Å². The quantitative estimate of drug-likeness (QED) is 0.0622. The van der Waals surface area contributed by atoms with Crippen LogP contribution in [-0.4, -0.2) is 115 Å². The molecule has 69 heavy (non-hydrogen) atoms. The molecule has 2 spiro atoms. The average Bonchev–Trinajstić information content (AvgIpc) is 4.22. The van der Waals surface area contributed by atoms with Gasteiger partial charge in [0.25, 0.3) is 0 Å². The number of hydrogen-bond acceptors (Lipinski definition) is 10. The fraction of sp³-hybridized carbons (Fsp3) is 0.714. The van der Waals surface area contributed by atoms with E-state index < -0.39 is 18.3 Å². The average molecular weight is 962 g/mol. The summed E-state index contributed by atoms with van der Waals surface area (Å²) in [5.41, 5.74) is 2.38. The van der Waals surface area contributed by atoms with Crippen molar-refractivity contribution < 1.29 is 47.6 Å². The highest BCUT2D eigenvalue weighted by molar-refractivity contribution is 5.88. The van der Waals surface area contributed by atoms with Gasteiger partial charge in [0.15, 0.2) is 0 Å². The van der Waals surface area contributed by atoms with Crippen molar-refractivity contribution in [2.24, 2.45) is 11.8 Å². The molecule has 6 atom stereocenters. The highest BCUT2D eigenvalue weighted by Crippen LogP contribution is 2.47. The molecule has 13 nitrogen and oxygen atoms in total. The second-order valence-electron chi connectivity index (χ2n) is 22.3. The minimum Gasteiger partial charge on any atom is -0.458 e. The maximum atomic E-state index is 12.2. The molecule has 3 amide bonds. The van der Waals surface area contributed by atoms with E-state index in [1.165, 1.54) is 28.2 Å². The molecular formula is C56H87N3O10. The lowest BCUT2D eigenvalue weighted by Crippen LogP contribution is -2.43. The van der Waals surface area contributed by atoms with Gasteiger partial charge in [-0.25, -0.2) is 4.79 Å². The van der Waals surface area contributed by atoms with Crippen molar-refractivity contribution in [2.75, 3.05) is 27.3 Å². The van der Waals surface area contributed by atoms with Gasteiger partial charge in [-0.2, -0.15) is 0 Å². The Labute approximate surface area is 414 Å². The summed E-state index contributed by atoms with van der Waals surface area (Å²) >= 11 is 0. The summed E-state index contributed by atoms with van der Waals surface area (Å²) in [7, 11) is 3.25. The van der Waals surface area contributed by atoms with E-state index >= 15 is 0 Å². The van der Waals surface area contributed by atoms with E-state index in [0.29, 0.717) is 18.3 Å². The summed E-state index contributed by atoms with van der Waals surface area (Å²) in [4.78, 5) is 48.6. The molecule has 0 aromatic heterocycles. The first-order valence-electron chi connectivity index (χ1n) is 25.9. The Balaban J connectivity index is 0.000000258. The van der Waals surface area contributed by atoms with Gasteiger partial charge in [0.05, 0.1) is 47.8 Å². The number of carbonyl (C=O) groups is 4. The number of allylic oxidation sites excluding steroid dienone is 6. The van der Waals surface area contributed by atoms with Crippen molar-refractivity contribution in [3.05, 3.63) is 71.9 Å². The van der Waals surface area contributed by atoms with Crippen molar-refractivity contribution in [3.63, 3.8) is 0 Å². The molecule has 0 aromatic carbocycles. The summed E-state index contributed by atoms with van der Waals surface area (Å²) in [5.74, 6) is 0.806. The maximum Gasteiger partial charge on any atom is 0.409 e. The third-order valence-corrected chi connectivity index (χ3v) is 14.1. The van der Waals surface area contributed by atoms with Gasteiger partial charge in [0.2, 0.25) is 11.8 Å². The Morgan fingerprint density at radius 2 is 1.03 bits per heavy atom. The van der Waals surface area contributed by atoms with Crippen molar-refractivity contribution in [3.8, 4) is 0 Å². The van der Waals surface area contributed by atoms with Gasteiger partial charge in [0.1, 0.15) is 12.2 Å². The lowest BCUT2D eigenvalue weighted by Gasteiger charge is -2.38. The highest BCUT2D eigenvalue weighted by atomic mass is 16.6. The van der Waals surface area contributed by atoms with E-state index in [1.54, 1.807) is 47.0 Å². The lowest BCUT2D eigenvalue weighted by molar-refractivity contribution is -0.145. The predicted molar refractivity (Wildman–Crippen MR) is 270 cm³/mol. The van der Waals surface area contributed by atoms with Crippen LogP contribution in [0.25, 0.3) is 0 Å². The Morgan fingerprint density at radius 3 is 1.39 bits per heavy atom. The molecule has 4 saturated heterocycles. The fourth-order valence-corrected chi connectivity index (χ4v) is 10.3. The van der Waals surface area contributed by atoms with Gasteiger partial charge < -0.3 is 44.0 Å². The molecule has 1 unspecified atom stereocenters. The number of nitrogens with one attached hydrogen (secondary N) is 2. The van der Waals surface area contributed by atoms with Crippen molar-refractivity contribution in [1.82, 2.24) is 15.5 Å². The summed E-state index contributed by atoms with van der Waals surface area (Å²) in [6.07, 6.45) is 33.4. The molecule has 4 aliphatic heterocycles. The van der Waals surface area contributed by atoms with Crippen molar-refractivity contribution in [2.45, 2.75) is 218 Å². The van der Waals surface area contributed by atoms with Crippen LogP contribution in [0.2, 0.25) is 0 Å². The number of ether oxygens (including phenoxy) is 6. The highest BCUT2D eigenvalue weighted by Gasteiger charge is 2.54. The van der Waals surface area contributed by atoms with Crippen LogP contribution in [0.4, 0.5) is 4.79 Å². The fourth-order valence-electron chi connectivity index (χ4n) is 10.3. The Hall–Kier alpha value is -4.04. The van der Waals surface area contributed by atoms with E-state index in [4.69, 9.17) is 28.4 Å². The second kappa shape index (κ2) is 25.4. The third-order valence-electron chi connectivity index (χ3n) is 14.1. The molecule has 13 heteroatoms. The van der Waals surface area contributed by atoms with E-state index in [0.717, 1.165) is 103 Å². The molecule has 6 rings (SSSR count). The predicted octanol–water partition coefficient (Wildman–Crippen LogP) is 10.1. The number of hydrogen-bond donors (Lipinski definition) is 2.